The first-order valence-electron chi connectivity index (χ1n) is 6.96. The van der Waals surface area contributed by atoms with E-state index in [0.29, 0.717) is 0 Å². The number of carbonyl (C=O) groups is 2. The molecule has 1 aromatic carbocycles. The van der Waals surface area contributed by atoms with Crippen molar-refractivity contribution in [2.45, 2.75) is 39.2 Å². The lowest BCUT2D eigenvalue weighted by molar-refractivity contribution is -0.155. The lowest BCUT2D eigenvalue weighted by atomic mass is 10.2. The number of ether oxygens (including phenoxy) is 1. The summed E-state index contributed by atoms with van der Waals surface area (Å²) in [6, 6.07) is 7.51. The monoisotopic (exact) mass is 292 g/mol. The van der Waals surface area contributed by atoms with Crippen LogP contribution in [0.5, 0.6) is 0 Å². The zero-order valence-electron chi connectivity index (χ0n) is 13.4. The average Bonchev–Trinajstić information content (AvgIpc) is 2.35. The van der Waals surface area contributed by atoms with Crippen LogP contribution in [0.3, 0.4) is 0 Å². The normalized spacial score (nSPS) is 10.9. The van der Waals surface area contributed by atoms with Crippen LogP contribution in [0.25, 0.3) is 0 Å². The van der Waals surface area contributed by atoms with E-state index in [9.17, 15) is 9.59 Å². The van der Waals surface area contributed by atoms with Crippen LogP contribution in [-0.2, 0) is 14.3 Å². The summed E-state index contributed by atoms with van der Waals surface area (Å²) in [5, 5.41) is 2.76. The van der Waals surface area contributed by atoms with E-state index in [4.69, 9.17) is 4.74 Å². The first-order valence-corrected chi connectivity index (χ1v) is 6.96. The van der Waals surface area contributed by atoms with Gasteiger partial charge >= 0.3 is 5.97 Å². The lowest BCUT2D eigenvalue weighted by Crippen LogP contribution is -2.24. The van der Waals surface area contributed by atoms with E-state index in [-0.39, 0.29) is 24.7 Å². The van der Waals surface area contributed by atoms with E-state index in [1.807, 2.05) is 43.3 Å². The molecule has 0 saturated heterocycles. The van der Waals surface area contributed by atoms with Crippen LogP contribution in [0.4, 0.5) is 11.4 Å². The van der Waals surface area contributed by atoms with Gasteiger partial charge in [-0.3, -0.25) is 9.59 Å². The van der Waals surface area contributed by atoms with Gasteiger partial charge in [-0.05, 0) is 45.0 Å². The number of esters is 1. The van der Waals surface area contributed by atoms with Crippen molar-refractivity contribution in [2.75, 3.05) is 24.3 Å². The molecular formula is C16H24N2O3. The zero-order chi connectivity index (χ0) is 16.0. The predicted octanol–water partition coefficient (Wildman–Crippen LogP) is 2.81. The zero-order valence-corrected chi connectivity index (χ0v) is 13.4. The molecule has 0 radical (unpaired) electrons. The summed E-state index contributed by atoms with van der Waals surface area (Å²) in [7, 11) is 3.91. The molecule has 0 aliphatic rings. The van der Waals surface area contributed by atoms with E-state index >= 15 is 0 Å². The van der Waals surface area contributed by atoms with Gasteiger partial charge in [-0.15, -0.1) is 0 Å². The van der Waals surface area contributed by atoms with Gasteiger partial charge in [0.1, 0.15) is 5.60 Å². The molecule has 0 fully saturated rings. The van der Waals surface area contributed by atoms with Crippen molar-refractivity contribution in [1.29, 1.82) is 0 Å². The first-order chi connectivity index (χ1) is 9.67. The Morgan fingerprint density at radius 2 is 1.67 bits per heavy atom. The van der Waals surface area contributed by atoms with Crippen LogP contribution in [0.15, 0.2) is 24.3 Å². The fraction of sp³-hybridized carbons (Fsp3) is 0.500. The highest BCUT2D eigenvalue weighted by Gasteiger charge is 2.17. The van der Waals surface area contributed by atoms with Crippen molar-refractivity contribution in [1.82, 2.24) is 0 Å². The SMILES string of the molecule is CN(C)c1ccc(NC(=O)CCC(=O)OC(C)(C)C)cc1. The van der Waals surface area contributed by atoms with Gasteiger partial charge in [-0.25, -0.2) is 0 Å². The highest BCUT2D eigenvalue weighted by atomic mass is 16.6. The maximum absolute atomic E-state index is 11.8. The average molecular weight is 292 g/mol. The molecule has 0 unspecified atom stereocenters. The molecule has 1 rings (SSSR count). The molecular weight excluding hydrogens is 268 g/mol. The Bertz CT molecular complexity index is 487. The first kappa shape index (κ1) is 17.0. The molecule has 1 N–H and O–H groups in total. The van der Waals surface area contributed by atoms with Gasteiger partial charge in [-0.2, -0.15) is 0 Å². The summed E-state index contributed by atoms with van der Waals surface area (Å²) in [6.07, 6.45) is 0.198. The molecule has 5 heteroatoms. The summed E-state index contributed by atoms with van der Waals surface area (Å²) in [4.78, 5) is 25.3. The van der Waals surface area contributed by atoms with Gasteiger partial charge in [0, 0.05) is 31.9 Å². The quantitative estimate of drug-likeness (QED) is 0.848. The minimum Gasteiger partial charge on any atom is -0.460 e. The third-order valence-corrected chi connectivity index (χ3v) is 2.64. The molecule has 0 aliphatic heterocycles. The van der Waals surface area contributed by atoms with Gasteiger partial charge in [-0.1, -0.05) is 0 Å². The molecule has 21 heavy (non-hydrogen) atoms. The molecule has 1 amide bonds. The summed E-state index contributed by atoms with van der Waals surface area (Å²) >= 11 is 0. The number of nitrogens with one attached hydrogen (secondary N) is 1. The van der Waals surface area contributed by atoms with Gasteiger partial charge in [0.25, 0.3) is 0 Å². The van der Waals surface area contributed by atoms with E-state index < -0.39 is 5.60 Å². The van der Waals surface area contributed by atoms with Crippen molar-refractivity contribution < 1.29 is 14.3 Å². The molecule has 0 saturated carbocycles. The Balaban J connectivity index is 2.42. The second-order valence-electron chi connectivity index (χ2n) is 6.08. The van der Waals surface area contributed by atoms with E-state index in [1.165, 1.54) is 0 Å². The second-order valence-corrected chi connectivity index (χ2v) is 6.08. The molecule has 5 nitrogen and oxygen atoms in total. The Morgan fingerprint density at radius 3 is 2.14 bits per heavy atom. The number of carbonyl (C=O) groups excluding carboxylic acids is 2. The number of hydrogen-bond donors (Lipinski definition) is 1. The Labute approximate surface area is 126 Å². The molecule has 1 aromatic rings. The number of anilines is 2. The van der Waals surface area contributed by atoms with Gasteiger partial charge < -0.3 is 15.0 Å². The summed E-state index contributed by atoms with van der Waals surface area (Å²) in [5.41, 5.74) is 1.26. The minimum atomic E-state index is -0.518. The van der Waals surface area contributed by atoms with E-state index in [1.54, 1.807) is 20.8 Å². The van der Waals surface area contributed by atoms with E-state index in [2.05, 4.69) is 5.32 Å². The number of rotatable bonds is 5. The van der Waals surface area contributed by atoms with Crippen molar-refractivity contribution in [3.8, 4) is 0 Å². The van der Waals surface area contributed by atoms with Gasteiger partial charge in [0.15, 0.2) is 0 Å². The maximum atomic E-state index is 11.8. The van der Waals surface area contributed by atoms with Gasteiger partial charge in [0.2, 0.25) is 5.91 Å². The molecule has 0 aliphatic carbocycles. The number of amides is 1. The fourth-order valence-corrected chi connectivity index (χ4v) is 1.67. The van der Waals surface area contributed by atoms with Crippen LogP contribution in [0.2, 0.25) is 0 Å². The van der Waals surface area contributed by atoms with Crippen LogP contribution in [0, 0.1) is 0 Å². The molecule has 0 bridgehead atoms. The van der Waals surface area contributed by atoms with Crippen LogP contribution in [0.1, 0.15) is 33.6 Å². The maximum Gasteiger partial charge on any atom is 0.306 e. The molecule has 0 atom stereocenters. The summed E-state index contributed by atoms with van der Waals surface area (Å²) in [5.74, 6) is -0.556. The van der Waals surface area contributed by atoms with Crippen molar-refractivity contribution >= 4 is 23.3 Å². The van der Waals surface area contributed by atoms with Crippen molar-refractivity contribution in [3.05, 3.63) is 24.3 Å². The molecule has 0 aromatic heterocycles. The Morgan fingerprint density at radius 1 is 1.10 bits per heavy atom. The number of benzene rings is 1. The Kier molecular flexibility index (Phi) is 5.76. The number of nitrogens with zero attached hydrogens (tertiary/aromatic N) is 1. The fourth-order valence-electron chi connectivity index (χ4n) is 1.67. The van der Waals surface area contributed by atoms with E-state index in [0.717, 1.165) is 11.4 Å². The van der Waals surface area contributed by atoms with Gasteiger partial charge in [0.05, 0.1) is 6.42 Å². The smallest absolute Gasteiger partial charge is 0.306 e. The number of hydrogen-bond acceptors (Lipinski definition) is 4. The standard InChI is InChI=1S/C16H24N2O3/c1-16(2,3)21-15(20)11-10-14(19)17-12-6-8-13(9-7-12)18(4)5/h6-9H,10-11H2,1-5H3,(H,17,19). The van der Waals surface area contributed by atoms with Crippen molar-refractivity contribution in [2.24, 2.45) is 0 Å². The molecule has 116 valence electrons. The predicted molar refractivity (Wildman–Crippen MR) is 84.5 cm³/mol. The van der Waals surface area contributed by atoms with Crippen molar-refractivity contribution in [3.63, 3.8) is 0 Å². The highest BCUT2D eigenvalue weighted by Crippen LogP contribution is 2.16. The second kappa shape index (κ2) is 7.11. The minimum absolute atomic E-state index is 0.0822. The molecule has 0 heterocycles. The van der Waals surface area contributed by atoms with Crippen LogP contribution in [-0.4, -0.2) is 31.6 Å². The largest absolute Gasteiger partial charge is 0.460 e. The van der Waals surface area contributed by atoms with Crippen LogP contribution >= 0.6 is 0 Å². The lowest BCUT2D eigenvalue weighted by Gasteiger charge is -2.19. The Hall–Kier alpha value is -2.04. The third-order valence-electron chi connectivity index (χ3n) is 2.64. The highest BCUT2D eigenvalue weighted by molar-refractivity contribution is 5.92. The van der Waals surface area contributed by atoms with Crippen LogP contribution < -0.4 is 10.2 Å². The topological polar surface area (TPSA) is 58.6 Å². The third kappa shape index (κ3) is 6.79. The molecule has 0 spiro atoms. The summed E-state index contributed by atoms with van der Waals surface area (Å²) < 4.78 is 5.16. The summed E-state index contributed by atoms with van der Waals surface area (Å²) in [6.45, 7) is 5.41.